The Morgan fingerprint density at radius 2 is 1.60 bits per heavy atom. The van der Waals surface area contributed by atoms with Gasteiger partial charge >= 0.3 is 5.97 Å². The van der Waals surface area contributed by atoms with E-state index >= 15 is 0 Å². The second kappa shape index (κ2) is 6.91. The van der Waals surface area contributed by atoms with Crippen molar-refractivity contribution in [1.29, 1.82) is 5.41 Å². The summed E-state index contributed by atoms with van der Waals surface area (Å²) in [5.74, 6) is -0.415. The summed E-state index contributed by atoms with van der Waals surface area (Å²) in [5.41, 5.74) is 8.96. The van der Waals surface area contributed by atoms with Crippen molar-refractivity contribution in [1.82, 2.24) is 20.2 Å². The zero-order valence-corrected chi connectivity index (χ0v) is 13.3. The summed E-state index contributed by atoms with van der Waals surface area (Å²) in [6.07, 6.45) is -0.0506. The number of aryl methyl sites for hydroxylation is 1. The number of rotatable bonds is 6. The van der Waals surface area contributed by atoms with Crippen LogP contribution in [0.2, 0.25) is 0 Å². The predicted octanol–water partition coefficient (Wildman–Crippen LogP) is 1.77. The Balaban J connectivity index is 1.76. The molecule has 8 heteroatoms. The van der Waals surface area contributed by atoms with E-state index in [1.54, 1.807) is 12.1 Å². The molecule has 0 saturated heterocycles. The number of nitrogens with zero attached hydrogens (tertiary/aromatic N) is 4. The van der Waals surface area contributed by atoms with Crippen molar-refractivity contribution in [2.75, 3.05) is 0 Å². The largest absolute Gasteiger partial charge is 0.481 e. The summed E-state index contributed by atoms with van der Waals surface area (Å²) in [6.45, 7) is 0.183. The molecule has 0 aliphatic rings. The molecular formula is C17H16N6O2. The molecule has 0 amide bonds. The Morgan fingerprint density at radius 1 is 1.04 bits per heavy atom. The number of carboxylic acid groups (broad SMARTS) is 1. The lowest BCUT2D eigenvalue weighted by Crippen LogP contribution is -2.10. The lowest BCUT2D eigenvalue weighted by molar-refractivity contribution is -0.137. The molecule has 126 valence electrons. The highest BCUT2D eigenvalue weighted by molar-refractivity contribution is 5.95. The molecule has 25 heavy (non-hydrogen) atoms. The van der Waals surface area contributed by atoms with Crippen molar-refractivity contribution < 1.29 is 9.90 Å². The van der Waals surface area contributed by atoms with Gasteiger partial charge in [0.1, 0.15) is 5.84 Å². The number of nitrogens with two attached hydrogens (primary N) is 1. The molecule has 0 atom stereocenters. The molecule has 3 aromatic rings. The molecule has 0 fully saturated rings. The van der Waals surface area contributed by atoms with Crippen LogP contribution >= 0.6 is 0 Å². The number of nitrogen functional groups attached to an aromatic ring is 1. The highest BCUT2D eigenvalue weighted by Gasteiger charge is 2.08. The molecule has 0 saturated carbocycles. The van der Waals surface area contributed by atoms with Crippen LogP contribution in [-0.2, 0) is 11.3 Å². The van der Waals surface area contributed by atoms with Gasteiger partial charge in [0.25, 0.3) is 0 Å². The van der Waals surface area contributed by atoms with Crippen molar-refractivity contribution in [3.8, 4) is 22.5 Å². The minimum atomic E-state index is -0.904. The molecule has 3 rings (SSSR count). The molecule has 1 aromatic heterocycles. The molecule has 8 nitrogen and oxygen atoms in total. The zero-order chi connectivity index (χ0) is 17.8. The van der Waals surface area contributed by atoms with Crippen LogP contribution in [0.1, 0.15) is 12.0 Å². The van der Waals surface area contributed by atoms with Gasteiger partial charge in [-0.15, -0.1) is 10.2 Å². The van der Waals surface area contributed by atoms with Crippen molar-refractivity contribution in [2.24, 2.45) is 5.73 Å². The van der Waals surface area contributed by atoms with Crippen LogP contribution in [0.15, 0.2) is 48.5 Å². The van der Waals surface area contributed by atoms with Crippen LogP contribution in [-0.4, -0.2) is 37.1 Å². The van der Waals surface area contributed by atoms with Crippen molar-refractivity contribution in [3.05, 3.63) is 54.1 Å². The molecule has 0 aliphatic heterocycles. The molecule has 0 radical (unpaired) electrons. The van der Waals surface area contributed by atoms with E-state index in [1.807, 2.05) is 36.4 Å². The number of nitrogens with one attached hydrogen (secondary N) is 1. The maximum Gasteiger partial charge on any atom is 0.305 e. The summed E-state index contributed by atoms with van der Waals surface area (Å²) < 4.78 is 0. The number of tetrazole rings is 1. The van der Waals surface area contributed by atoms with Crippen LogP contribution in [0.5, 0.6) is 0 Å². The van der Waals surface area contributed by atoms with E-state index in [0.717, 1.165) is 16.7 Å². The van der Waals surface area contributed by atoms with Gasteiger partial charge in [0.05, 0.1) is 13.0 Å². The third-order valence-corrected chi connectivity index (χ3v) is 3.65. The molecule has 0 unspecified atom stereocenters. The minimum Gasteiger partial charge on any atom is -0.481 e. The van der Waals surface area contributed by atoms with E-state index < -0.39 is 5.97 Å². The number of carbonyl (C=O) groups is 1. The second-order valence-electron chi connectivity index (χ2n) is 5.42. The van der Waals surface area contributed by atoms with E-state index in [4.69, 9.17) is 16.2 Å². The van der Waals surface area contributed by atoms with Crippen molar-refractivity contribution in [3.63, 3.8) is 0 Å². The van der Waals surface area contributed by atoms with Crippen LogP contribution in [0.3, 0.4) is 0 Å². The van der Waals surface area contributed by atoms with E-state index in [0.29, 0.717) is 11.4 Å². The smallest absolute Gasteiger partial charge is 0.305 e. The van der Waals surface area contributed by atoms with Crippen molar-refractivity contribution in [2.45, 2.75) is 13.0 Å². The topological polar surface area (TPSA) is 131 Å². The van der Waals surface area contributed by atoms with E-state index in [2.05, 4.69) is 15.4 Å². The number of amidine groups is 1. The Hall–Kier alpha value is -3.55. The lowest BCUT2D eigenvalue weighted by Gasteiger charge is -2.04. The summed E-state index contributed by atoms with van der Waals surface area (Å²) in [7, 11) is 0. The van der Waals surface area contributed by atoms with Crippen molar-refractivity contribution >= 4 is 11.8 Å². The molecular weight excluding hydrogens is 320 g/mol. The number of aliphatic carboxylic acids is 1. The fraction of sp³-hybridized carbons (Fsp3) is 0.118. The first-order valence-corrected chi connectivity index (χ1v) is 7.58. The molecule has 4 N–H and O–H groups in total. The summed E-state index contributed by atoms with van der Waals surface area (Å²) >= 11 is 0. The quantitative estimate of drug-likeness (QED) is 0.464. The molecule has 2 aromatic carbocycles. The van der Waals surface area contributed by atoms with Crippen LogP contribution in [0.4, 0.5) is 0 Å². The maximum absolute atomic E-state index is 10.6. The highest BCUT2D eigenvalue weighted by atomic mass is 16.4. The standard InChI is InChI=1S/C17H16N6O2/c18-16(19)13-5-1-11(2-6-13)12-3-7-14(8-4-12)17-20-22-23(21-17)10-9-15(24)25/h1-8H,9-10H2,(H3,18,19)(H,24,25). The van der Waals surface area contributed by atoms with E-state index in [9.17, 15) is 4.79 Å². The molecule has 0 spiro atoms. The van der Waals surface area contributed by atoms with E-state index in [-0.39, 0.29) is 18.8 Å². The molecule has 0 aliphatic carbocycles. The Kier molecular flexibility index (Phi) is 4.51. The summed E-state index contributed by atoms with van der Waals surface area (Å²) in [6, 6.07) is 15.1. The first-order valence-electron chi connectivity index (χ1n) is 7.58. The van der Waals surface area contributed by atoms with Gasteiger partial charge in [-0.2, -0.15) is 4.80 Å². The zero-order valence-electron chi connectivity index (χ0n) is 13.3. The average Bonchev–Trinajstić information content (AvgIpc) is 3.09. The monoisotopic (exact) mass is 336 g/mol. The summed E-state index contributed by atoms with van der Waals surface area (Å²) in [5, 5.41) is 28.1. The third-order valence-electron chi connectivity index (χ3n) is 3.65. The Morgan fingerprint density at radius 3 is 2.16 bits per heavy atom. The molecule has 1 heterocycles. The number of benzene rings is 2. The van der Waals surface area contributed by atoms with Gasteiger partial charge in [0, 0.05) is 11.1 Å². The highest BCUT2D eigenvalue weighted by Crippen LogP contribution is 2.23. The first-order chi connectivity index (χ1) is 12.0. The van der Waals surface area contributed by atoms with Gasteiger partial charge in [-0.3, -0.25) is 10.2 Å². The maximum atomic E-state index is 10.6. The third kappa shape index (κ3) is 3.86. The number of aromatic nitrogens is 4. The fourth-order valence-electron chi connectivity index (χ4n) is 2.30. The van der Waals surface area contributed by atoms with E-state index in [1.165, 1.54) is 4.80 Å². The second-order valence-corrected chi connectivity index (χ2v) is 5.42. The number of hydrogen-bond acceptors (Lipinski definition) is 5. The lowest BCUT2D eigenvalue weighted by atomic mass is 10.0. The Bertz CT molecular complexity index is 900. The predicted molar refractivity (Wildman–Crippen MR) is 92.0 cm³/mol. The first kappa shape index (κ1) is 16.3. The Labute approximate surface area is 143 Å². The average molecular weight is 336 g/mol. The van der Waals surface area contributed by atoms with Crippen LogP contribution in [0, 0.1) is 5.41 Å². The van der Waals surface area contributed by atoms with Gasteiger partial charge in [-0.05, 0) is 16.3 Å². The van der Waals surface area contributed by atoms with Crippen LogP contribution < -0.4 is 5.73 Å². The number of carboxylic acids is 1. The van der Waals surface area contributed by atoms with Gasteiger partial charge < -0.3 is 10.8 Å². The fourth-order valence-corrected chi connectivity index (χ4v) is 2.30. The van der Waals surface area contributed by atoms with Gasteiger partial charge in [-0.25, -0.2) is 0 Å². The number of hydrogen-bond donors (Lipinski definition) is 3. The van der Waals surface area contributed by atoms with Crippen LogP contribution in [0.25, 0.3) is 22.5 Å². The normalized spacial score (nSPS) is 10.6. The summed E-state index contributed by atoms with van der Waals surface area (Å²) in [4.78, 5) is 11.8. The van der Waals surface area contributed by atoms with Gasteiger partial charge in [0.15, 0.2) is 0 Å². The minimum absolute atomic E-state index is 0.0407. The van der Waals surface area contributed by atoms with Gasteiger partial charge in [-0.1, -0.05) is 48.5 Å². The molecule has 0 bridgehead atoms. The van der Waals surface area contributed by atoms with Gasteiger partial charge in [0.2, 0.25) is 5.82 Å². The SMILES string of the molecule is N=C(N)c1ccc(-c2ccc(-c3nnn(CCC(=O)O)n3)cc2)cc1.